The van der Waals surface area contributed by atoms with Gasteiger partial charge in [-0.1, -0.05) is 53.4 Å². The van der Waals surface area contributed by atoms with Crippen molar-refractivity contribution in [3.8, 4) is 22.1 Å². The summed E-state index contributed by atoms with van der Waals surface area (Å²) in [7, 11) is 0. The second kappa shape index (κ2) is 10.4. The Kier molecular flexibility index (Phi) is 7.62. The number of hydrogen-bond acceptors (Lipinski definition) is 8. The lowest BCUT2D eigenvalue weighted by atomic mass is 10.2. The molecule has 0 aliphatic carbocycles. The molecule has 0 saturated heterocycles. The van der Waals surface area contributed by atoms with E-state index < -0.39 is 0 Å². The standard InChI is InChI=1S/C19H17BrN4O3S2/c1-2-27-15-9-12(8-14(20)17(15)26)10-21-22-16(25)11-28-19-24-23-18(29-19)13-6-4-3-5-7-13/h3-10,26H,2,11H2,1H3,(H,22,25). The van der Waals surface area contributed by atoms with Gasteiger partial charge in [-0.25, -0.2) is 5.43 Å². The van der Waals surface area contributed by atoms with Crippen molar-refractivity contribution in [2.45, 2.75) is 11.3 Å². The van der Waals surface area contributed by atoms with Gasteiger partial charge in [-0.05, 0) is 40.5 Å². The molecule has 0 spiro atoms. The maximum atomic E-state index is 12.0. The van der Waals surface area contributed by atoms with Gasteiger partial charge in [0.15, 0.2) is 15.8 Å². The largest absolute Gasteiger partial charge is 0.503 e. The van der Waals surface area contributed by atoms with E-state index in [1.807, 2.05) is 37.3 Å². The lowest BCUT2D eigenvalue weighted by Gasteiger charge is -2.08. The first-order valence-corrected chi connectivity index (χ1v) is 11.1. The molecular weight excluding hydrogens is 476 g/mol. The summed E-state index contributed by atoms with van der Waals surface area (Å²) in [6.45, 7) is 2.25. The van der Waals surface area contributed by atoms with Crippen molar-refractivity contribution in [3.05, 3.63) is 52.5 Å². The third-order valence-corrected chi connectivity index (χ3v) is 6.22. The number of halogens is 1. The number of ether oxygens (including phenoxy) is 1. The van der Waals surface area contributed by atoms with Gasteiger partial charge in [0.2, 0.25) is 0 Å². The summed E-state index contributed by atoms with van der Waals surface area (Å²) in [5.74, 6) is 0.280. The predicted molar refractivity (Wildman–Crippen MR) is 119 cm³/mol. The monoisotopic (exact) mass is 492 g/mol. The summed E-state index contributed by atoms with van der Waals surface area (Å²) < 4.78 is 6.56. The van der Waals surface area contributed by atoms with E-state index in [4.69, 9.17) is 4.74 Å². The fourth-order valence-corrected chi connectivity index (χ4v) is 4.35. The Labute approximate surface area is 184 Å². The van der Waals surface area contributed by atoms with E-state index in [-0.39, 0.29) is 17.4 Å². The van der Waals surface area contributed by atoms with Crippen LogP contribution in [0.3, 0.4) is 0 Å². The number of aromatic hydroxyl groups is 1. The number of nitrogens with zero attached hydrogens (tertiary/aromatic N) is 3. The van der Waals surface area contributed by atoms with E-state index in [1.54, 1.807) is 12.1 Å². The Morgan fingerprint density at radius 2 is 2.14 bits per heavy atom. The summed E-state index contributed by atoms with van der Waals surface area (Å²) in [6, 6.07) is 13.1. The van der Waals surface area contributed by atoms with Crippen LogP contribution in [0.1, 0.15) is 12.5 Å². The summed E-state index contributed by atoms with van der Waals surface area (Å²) >= 11 is 6.00. The highest BCUT2D eigenvalue weighted by molar-refractivity contribution is 9.10. The predicted octanol–water partition coefficient (Wildman–Crippen LogP) is 4.31. The van der Waals surface area contributed by atoms with Crippen LogP contribution in [0.25, 0.3) is 10.6 Å². The van der Waals surface area contributed by atoms with E-state index >= 15 is 0 Å². The molecule has 0 unspecified atom stereocenters. The highest BCUT2D eigenvalue weighted by Gasteiger charge is 2.10. The summed E-state index contributed by atoms with van der Waals surface area (Å²) in [6.07, 6.45) is 1.48. The average Bonchev–Trinajstić information content (AvgIpc) is 3.20. The quantitative estimate of drug-likeness (QED) is 0.276. The van der Waals surface area contributed by atoms with Gasteiger partial charge < -0.3 is 9.84 Å². The topological polar surface area (TPSA) is 96.7 Å². The number of carbonyl (C=O) groups is 1. The van der Waals surface area contributed by atoms with E-state index in [2.05, 4.69) is 36.7 Å². The lowest BCUT2D eigenvalue weighted by Crippen LogP contribution is -2.19. The maximum absolute atomic E-state index is 12.0. The third kappa shape index (κ3) is 6.02. The van der Waals surface area contributed by atoms with Crippen LogP contribution in [0, 0.1) is 0 Å². The summed E-state index contributed by atoms with van der Waals surface area (Å²) in [5.41, 5.74) is 4.14. The van der Waals surface area contributed by atoms with Crippen LogP contribution >= 0.6 is 39.0 Å². The van der Waals surface area contributed by atoms with Crippen molar-refractivity contribution >= 4 is 51.2 Å². The number of phenolic OH excluding ortho intramolecular Hbond substituents is 1. The molecule has 7 nitrogen and oxygen atoms in total. The fraction of sp³-hybridized carbons (Fsp3) is 0.158. The fourth-order valence-electron chi connectivity index (χ4n) is 2.24. The number of carbonyl (C=O) groups excluding carboxylic acids is 1. The van der Waals surface area contributed by atoms with Crippen LogP contribution in [-0.4, -0.2) is 39.8 Å². The van der Waals surface area contributed by atoms with Crippen LogP contribution in [0.5, 0.6) is 11.5 Å². The molecule has 0 aliphatic rings. The SMILES string of the molecule is CCOc1cc(C=NNC(=O)CSc2nnc(-c3ccccc3)s2)cc(Br)c1O. The zero-order valence-electron chi connectivity index (χ0n) is 15.3. The van der Waals surface area contributed by atoms with Crippen molar-refractivity contribution in [1.82, 2.24) is 15.6 Å². The van der Waals surface area contributed by atoms with Crippen LogP contribution < -0.4 is 10.2 Å². The summed E-state index contributed by atoms with van der Waals surface area (Å²) in [5, 5.41) is 22.9. The van der Waals surface area contributed by atoms with Crippen molar-refractivity contribution in [2.24, 2.45) is 5.10 Å². The Hall–Kier alpha value is -2.43. The molecule has 0 atom stereocenters. The molecule has 1 heterocycles. The molecular formula is C19H17BrN4O3S2. The molecule has 3 rings (SSSR count). The van der Waals surface area contributed by atoms with Gasteiger partial charge in [0, 0.05) is 5.56 Å². The van der Waals surface area contributed by atoms with Crippen molar-refractivity contribution < 1.29 is 14.6 Å². The first kappa shape index (κ1) is 21.3. The Morgan fingerprint density at radius 3 is 2.90 bits per heavy atom. The van der Waals surface area contributed by atoms with E-state index in [0.717, 1.165) is 10.6 Å². The number of amides is 1. The number of nitrogens with one attached hydrogen (secondary N) is 1. The Bertz CT molecular complexity index is 1010. The Balaban J connectivity index is 1.52. The van der Waals surface area contributed by atoms with Gasteiger partial charge in [-0.3, -0.25) is 4.79 Å². The second-order valence-electron chi connectivity index (χ2n) is 5.60. The van der Waals surface area contributed by atoms with Gasteiger partial charge in [0.1, 0.15) is 5.01 Å². The minimum Gasteiger partial charge on any atom is -0.503 e. The molecule has 0 aliphatic heterocycles. The average molecular weight is 493 g/mol. The number of phenols is 1. The second-order valence-corrected chi connectivity index (χ2v) is 8.66. The molecule has 2 aromatic carbocycles. The molecule has 1 amide bonds. The number of hydrazone groups is 1. The molecule has 29 heavy (non-hydrogen) atoms. The molecule has 10 heteroatoms. The molecule has 2 N–H and O–H groups in total. The number of thioether (sulfide) groups is 1. The van der Waals surface area contributed by atoms with Crippen LogP contribution in [0.2, 0.25) is 0 Å². The molecule has 0 bridgehead atoms. The zero-order valence-corrected chi connectivity index (χ0v) is 18.6. The van der Waals surface area contributed by atoms with Gasteiger partial charge >= 0.3 is 0 Å². The normalized spacial score (nSPS) is 11.0. The summed E-state index contributed by atoms with van der Waals surface area (Å²) in [4.78, 5) is 12.0. The maximum Gasteiger partial charge on any atom is 0.250 e. The van der Waals surface area contributed by atoms with Crippen LogP contribution in [-0.2, 0) is 4.79 Å². The Morgan fingerprint density at radius 1 is 1.34 bits per heavy atom. The zero-order chi connectivity index (χ0) is 20.6. The number of hydrogen-bond donors (Lipinski definition) is 2. The minimum atomic E-state index is -0.259. The number of aromatic nitrogens is 2. The van der Waals surface area contributed by atoms with Crippen LogP contribution in [0.4, 0.5) is 0 Å². The number of benzene rings is 2. The highest BCUT2D eigenvalue weighted by Crippen LogP contribution is 2.35. The van der Waals surface area contributed by atoms with Crippen molar-refractivity contribution in [2.75, 3.05) is 12.4 Å². The van der Waals surface area contributed by atoms with Crippen LogP contribution in [0.15, 0.2) is 56.4 Å². The van der Waals surface area contributed by atoms with Gasteiger partial charge in [0.05, 0.1) is 23.0 Å². The molecule has 150 valence electrons. The van der Waals surface area contributed by atoms with Gasteiger partial charge in [-0.2, -0.15) is 5.10 Å². The molecule has 0 saturated carbocycles. The van der Waals surface area contributed by atoms with Crippen molar-refractivity contribution in [1.29, 1.82) is 0 Å². The first-order valence-electron chi connectivity index (χ1n) is 8.55. The van der Waals surface area contributed by atoms with E-state index in [9.17, 15) is 9.90 Å². The van der Waals surface area contributed by atoms with Crippen molar-refractivity contribution in [3.63, 3.8) is 0 Å². The van der Waals surface area contributed by atoms with E-state index in [1.165, 1.54) is 29.3 Å². The highest BCUT2D eigenvalue weighted by atomic mass is 79.9. The smallest absolute Gasteiger partial charge is 0.250 e. The molecule has 1 aromatic heterocycles. The third-order valence-electron chi connectivity index (χ3n) is 3.51. The first-order chi connectivity index (χ1) is 14.1. The van der Waals surface area contributed by atoms with Gasteiger partial charge in [-0.15, -0.1) is 10.2 Å². The molecule has 3 aromatic rings. The minimum absolute atomic E-state index is 0.0244. The lowest BCUT2D eigenvalue weighted by molar-refractivity contribution is -0.118. The molecule has 0 fully saturated rings. The van der Waals surface area contributed by atoms with Gasteiger partial charge in [0.25, 0.3) is 5.91 Å². The number of rotatable bonds is 8. The molecule has 0 radical (unpaired) electrons. The van der Waals surface area contributed by atoms with E-state index in [0.29, 0.717) is 26.7 Å².